The maximum Gasteiger partial charge on any atom is 0.240 e. The van der Waals surface area contributed by atoms with Crippen molar-refractivity contribution in [2.45, 2.75) is 39.0 Å². The van der Waals surface area contributed by atoms with Gasteiger partial charge in [0.25, 0.3) is 0 Å². The van der Waals surface area contributed by atoms with Crippen LogP contribution >= 0.6 is 0 Å². The van der Waals surface area contributed by atoms with Crippen molar-refractivity contribution in [3.05, 3.63) is 47.7 Å². The van der Waals surface area contributed by atoms with Crippen LogP contribution in [-0.4, -0.2) is 15.0 Å². The molecule has 0 heterocycles. The minimum absolute atomic E-state index is 0.0446. The van der Waals surface area contributed by atoms with E-state index in [1.54, 1.807) is 24.3 Å². The van der Waals surface area contributed by atoms with Crippen LogP contribution in [0.3, 0.4) is 0 Å². The van der Waals surface area contributed by atoms with Gasteiger partial charge < -0.3 is 0 Å². The largest absolute Gasteiger partial charge is 0.240 e. The number of sulfonamides is 1. The van der Waals surface area contributed by atoms with E-state index in [0.29, 0.717) is 17.9 Å². The first-order valence-corrected chi connectivity index (χ1v) is 8.11. The van der Waals surface area contributed by atoms with E-state index in [9.17, 15) is 8.42 Å². The van der Waals surface area contributed by atoms with E-state index in [0.717, 1.165) is 11.1 Å². The summed E-state index contributed by atoms with van der Waals surface area (Å²) in [5.41, 5.74) is 4.92. The highest BCUT2D eigenvalue weighted by Crippen LogP contribution is 2.26. The Labute approximate surface area is 122 Å². The molecule has 4 heteroatoms. The van der Waals surface area contributed by atoms with E-state index >= 15 is 0 Å². The molecule has 0 radical (unpaired) electrons. The summed E-state index contributed by atoms with van der Waals surface area (Å²) in [6.45, 7) is 12.1. The van der Waals surface area contributed by atoms with Gasteiger partial charge in [-0.25, -0.2) is 13.1 Å². The number of nitrogens with one attached hydrogen (secondary N) is 1. The van der Waals surface area contributed by atoms with Crippen LogP contribution in [0.1, 0.15) is 32.8 Å². The lowest BCUT2D eigenvalue weighted by Gasteiger charge is -2.21. The third kappa shape index (κ3) is 4.64. The number of hydrogen-bond donors (Lipinski definition) is 1. The second-order valence-electron chi connectivity index (χ2n) is 5.87. The lowest BCUT2D eigenvalue weighted by Crippen LogP contribution is -2.26. The molecule has 20 heavy (non-hydrogen) atoms. The SMILES string of the molecule is C=C=C(CCNS(=O)(=O)c1ccc(C)cc1)C(C)(C)C. The third-order valence-corrected chi connectivity index (χ3v) is 4.59. The van der Waals surface area contributed by atoms with Gasteiger partial charge in [0.05, 0.1) is 4.90 Å². The zero-order chi connectivity index (χ0) is 15.4. The fraction of sp³-hybridized carbons (Fsp3) is 0.438. The van der Waals surface area contributed by atoms with Crippen LogP contribution in [0.4, 0.5) is 0 Å². The van der Waals surface area contributed by atoms with Crippen LogP contribution in [0.15, 0.2) is 47.0 Å². The standard InChI is InChI=1S/C16H23NO2S/c1-6-14(16(3,4)5)11-12-17-20(18,19)15-9-7-13(2)8-10-15/h7-10,17H,1,11-12H2,2-5H3. The van der Waals surface area contributed by atoms with E-state index < -0.39 is 10.0 Å². The Balaban J connectivity index is 2.70. The van der Waals surface area contributed by atoms with Crippen LogP contribution in [0.2, 0.25) is 0 Å². The van der Waals surface area contributed by atoms with Gasteiger partial charge in [-0.05, 0) is 36.5 Å². The average molecular weight is 293 g/mol. The lowest BCUT2D eigenvalue weighted by molar-refractivity contribution is 0.481. The van der Waals surface area contributed by atoms with Crippen molar-refractivity contribution in [2.75, 3.05) is 6.54 Å². The fourth-order valence-electron chi connectivity index (χ4n) is 1.84. The first kappa shape index (κ1) is 16.7. The predicted molar refractivity (Wildman–Crippen MR) is 83.1 cm³/mol. The molecule has 0 saturated carbocycles. The minimum atomic E-state index is -3.44. The molecule has 1 aromatic carbocycles. The smallest absolute Gasteiger partial charge is 0.211 e. The summed E-state index contributed by atoms with van der Waals surface area (Å²) in [6, 6.07) is 6.81. The van der Waals surface area contributed by atoms with E-state index in [1.165, 1.54) is 0 Å². The molecule has 3 nitrogen and oxygen atoms in total. The molecule has 0 unspecified atom stereocenters. The van der Waals surface area contributed by atoms with E-state index in [4.69, 9.17) is 0 Å². The molecule has 1 aromatic rings. The highest BCUT2D eigenvalue weighted by atomic mass is 32.2. The minimum Gasteiger partial charge on any atom is -0.211 e. The van der Waals surface area contributed by atoms with E-state index in [2.05, 4.69) is 37.8 Å². The summed E-state index contributed by atoms with van der Waals surface area (Å²) >= 11 is 0. The van der Waals surface area contributed by atoms with Gasteiger partial charge in [-0.2, -0.15) is 0 Å². The topological polar surface area (TPSA) is 46.2 Å². The molecule has 0 aliphatic rings. The predicted octanol–water partition coefficient (Wildman–Crippen LogP) is 3.42. The van der Waals surface area contributed by atoms with Crippen molar-refractivity contribution in [1.82, 2.24) is 4.72 Å². The van der Waals surface area contributed by atoms with Crippen molar-refractivity contribution in [2.24, 2.45) is 5.41 Å². The van der Waals surface area contributed by atoms with Crippen molar-refractivity contribution >= 4 is 10.0 Å². The van der Waals surface area contributed by atoms with E-state index in [-0.39, 0.29) is 5.41 Å². The summed E-state index contributed by atoms with van der Waals surface area (Å²) in [5.74, 6) is 0. The molecule has 0 aromatic heterocycles. The number of hydrogen-bond acceptors (Lipinski definition) is 2. The Morgan fingerprint density at radius 1 is 1.25 bits per heavy atom. The van der Waals surface area contributed by atoms with Crippen LogP contribution in [0.25, 0.3) is 0 Å². The Hall–Kier alpha value is -1.35. The summed E-state index contributed by atoms with van der Waals surface area (Å²) in [5, 5.41) is 0. The van der Waals surface area contributed by atoms with Gasteiger partial charge in [0.15, 0.2) is 0 Å². The van der Waals surface area contributed by atoms with E-state index in [1.807, 2.05) is 6.92 Å². The number of aryl methyl sites for hydroxylation is 1. The molecule has 110 valence electrons. The van der Waals surface area contributed by atoms with Crippen LogP contribution in [0.5, 0.6) is 0 Å². The number of rotatable bonds is 5. The molecule has 0 atom stereocenters. The second-order valence-corrected chi connectivity index (χ2v) is 7.63. The van der Waals surface area contributed by atoms with Crippen molar-refractivity contribution in [3.63, 3.8) is 0 Å². The Kier molecular flexibility index (Phi) is 5.35. The van der Waals surface area contributed by atoms with Crippen LogP contribution < -0.4 is 4.72 Å². The van der Waals surface area contributed by atoms with Gasteiger partial charge in [-0.3, -0.25) is 0 Å². The zero-order valence-corrected chi connectivity index (χ0v) is 13.5. The van der Waals surface area contributed by atoms with Gasteiger partial charge in [-0.15, -0.1) is 5.73 Å². The third-order valence-electron chi connectivity index (χ3n) is 3.12. The number of benzene rings is 1. The molecule has 0 amide bonds. The average Bonchev–Trinajstić information content (AvgIpc) is 2.33. The highest BCUT2D eigenvalue weighted by Gasteiger charge is 2.18. The summed E-state index contributed by atoms with van der Waals surface area (Å²) in [6.07, 6.45) is 0.609. The maximum atomic E-state index is 12.1. The quantitative estimate of drug-likeness (QED) is 0.846. The normalized spacial score (nSPS) is 12.0. The second kappa shape index (κ2) is 6.40. The van der Waals surface area contributed by atoms with Crippen molar-refractivity contribution in [3.8, 4) is 0 Å². The van der Waals surface area contributed by atoms with Crippen molar-refractivity contribution < 1.29 is 8.42 Å². The molecular weight excluding hydrogens is 270 g/mol. The fourth-order valence-corrected chi connectivity index (χ4v) is 2.87. The van der Waals surface area contributed by atoms with Crippen LogP contribution in [0, 0.1) is 12.3 Å². The summed E-state index contributed by atoms with van der Waals surface area (Å²) in [4.78, 5) is 0.294. The first-order chi connectivity index (χ1) is 9.16. The van der Waals surface area contributed by atoms with Gasteiger partial charge >= 0.3 is 0 Å². The molecule has 0 aliphatic heterocycles. The molecule has 1 rings (SSSR count). The molecule has 1 N–H and O–H groups in total. The van der Waals surface area contributed by atoms with Gasteiger partial charge in [0.1, 0.15) is 0 Å². The van der Waals surface area contributed by atoms with Gasteiger partial charge in [0, 0.05) is 6.54 Å². The molecule has 0 bridgehead atoms. The molecular formula is C16H23NO2S. The zero-order valence-electron chi connectivity index (χ0n) is 12.7. The molecule has 0 spiro atoms. The monoisotopic (exact) mass is 293 g/mol. The molecule has 0 fully saturated rings. The van der Waals surface area contributed by atoms with Gasteiger partial charge in [0.2, 0.25) is 10.0 Å². The molecule has 0 aliphatic carbocycles. The lowest BCUT2D eigenvalue weighted by atomic mass is 9.85. The summed E-state index contributed by atoms with van der Waals surface area (Å²) in [7, 11) is -3.44. The summed E-state index contributed by atoms with van der Waals surface area (Å²) < 4.78 is 26.8. The Bertz CT molecular complexity index is 601. The van der Waals surface area contributed by atoms with Gasteiger partial charge in [-0.1, -0.05) is 45.0 Å². The molecule has 0 saturated heterocycles. The first-order valence-electron chi connectivity index (χ1n) is 6.62. The van der Waals surface area contributed by atoms with Crippen molar-refractivity contribution in [1.29, 1.82) is 0 Å². The maximum absolute atomic E-state index is 12.1. The Morgan fingerprint density at radius 2 is 1.80 bits per heavy atom. The highest BCUT2D eigenvalue weighted by molar-refractivity contribution is 7.89. The van der Waals surface area contributed by atoms with Crippen LogP contribution in [-0.2, 0) is 10.0 Å². The Morgan fingerprint density at radius 3 is 2.25 bits per heavy atom.